The lowest BCUT2D eigenvalue weighted by molar-refractivity contribution is 0.564. The normalized spacial score (nSPS) is 13.7. The number of hydrogen-bond acceptors (Lipinski definition) is 3. The number of anilines is 1. The lowest BCUT2D eigenvalue weighted by Gasteiger charge is -2.20. The summed E-state index contributed by atoms with van der Waals surface area (Å²) in [4.78, 5) is 3.72. The standard InChI is InChI=1S/C19H15FN2O2S/c20-17-3-1-2-4-19(17)25(23,24)22-12-9-16-13-15(5-6-18(16)22)14-7-10-21-11-8-14/h1-8,10-11,13H,9,12H2. The van der Waals surface area contributed by atoms with Gasteiger partial charge in [0.2, 0.25) is 0 Å². The van der Waals surface area contributed by atoms with Crippen LogP contribution in [-0.2, 0) is 16.4 Å². The summed E-state index contributed by atoms with van der Waals surface area (Å²) in [5, 5.41) is 0. The lowest BCUT2D eigenvalue weighted by atomic mass is 10.0. The van der Waals surface area contributed by atoms with Crippen LogP contribution in [0.4, 0.5) is 10.1 Å². The Kier molecular flexibility index (Phi) is 3.77. The third-order valence-corrected chi connectivity index (χ3v) is 6.20. The molecule has 6 heteroatoms. The summed E-state index contributed by atoms with van der Waals surface area (Å²) in [5.41, 5.74) is 3.58. The minimum absolute atomic E-state index is 0.291. The van der Waals surface area contributed by atoms with E-state index in [0.717, 1.165) is 22.8 Å². The number of rotatable bonds is 3. The Hall–Kier alpha value is -2.73. The fourth-order valence-electron chi connectivity index (χ4n) is 3.12. The highest BCUT2D eigenvalue weighted by molar-refractivity contribution is 7.92. The van der Waals surface area contributed by atoms with Crippen molar-refractivity contribution >= 4 is 15.7 Å². The number of aromatic nitrogens is 1. The van der Waals surface area contributed by atoms with Crippen molar-refractivity contribution in [1.82, 2.24) is 4.98 Å². The van der Waals surface area contributed by atoms with Crippen LogP contribution in [0, 0.1) is 5.82 Å². The first-order valence-electron chi connectivity index (χ1n) is 7.88. The molecule has 0 atom stereocenters. The van der Waals surface area contributed by atoms with E-state index in [1.807, 2.05) is 24.3 Å². The van der Waals surface area contributed by atoms with E-state index < -0.39 is 15.8 Å². The van der Waals surface area contributed by atoms with Crippen molar-refractivity contribution in [3.63, 3.8) is 0 Å². The molecule has 3 aromatic rings. The molecule has 0 amide bonds. The molecule has 1 aliphatic heterocycles. The van der Waals surface area contributed by atoms with E-state index in [9.17, 15) is 12.8 Å². The zero-order valence-electron chi connectivity index (χ0n) is 13.3. The molecule has 0 saturated heterocycles. The van der Waals surface area contributed by atoms with Crippen LogP contribution in [0.25, 0.3) is 11.1 Å². The second-order valence-electron chi connectivity index (χ2n) is 5.84. The zero-order chi connectivity index (χ0) is 17.4. The average Bonchev–Trinajstić information content (AvgIpc) is 3.06. The Labute approximate surface area is 145 Å². The first-order chi connectivity index (χ1) is 12.1. The molecule has 0 spiro atoms. The topological polar surface area (TPSA) is 50.3 Å². The Morgan fingerprint density at radius 2 is 1.72 bits per heavy atom. The van der Waals surface area contributed by atoms with Gasteiger partial charge in [-0.1, -0.05) is 18.2 Å². The third kappa shape index (κ3) is 2.68. The second-order valence-corrected chi connectivity index (χ2v) is 7.67. The predicted molar refractivity (Wildman–Crippen MR) is 94.3 cm³/mol. The molecule has 0 unspecified atom stereocenters. The van der Waals surface area contributed by atoms with Crippen molar-refractivity contribution in [2.45, 2.75) is 11.3 Å². The summed E-state index contributed by atoms with van der Waals surface area (Å²) in [7, 11) is -3.91. The van der Waals surface area contributed by atoms with E-state index in [0.29, 0.717) is 18.7 Å². The van der Waals surface area contributed by atoms with E-state index >= 15 is 0 Å². The van der Waals surface area contributed by atoms with Gasteiger partial charge in [0.25, 0.3) is 10.0 Å². The lowest BCUT2D eigenvalue weighted by Crippen LogP contribution is -2.29. The largest absolute Gasteiger partial charge is 0.267 e. The Morgan fingerprint density at radius 1 is 0.960 bits per heavy atom. The molecule has 0 radical (unpaired) electrons. The van der Waals surface area contributed by atoms with Crippen molar-refractivity contribution in [3.8, 4) is 11.1 Å². The van der Waals surface area contributed by atoms with Crippen LogP contribution in [-0.4, -0.2) is 19.9 Å². The Morgan fingerprint density at radius 3 is 2.48 bits per heavy atom. The van der Waals surface area contributed by atoms with Crippen molar-refractivity contribution in [3.05, 3.63) is 78.4 Å². The minimum Gasteiger partial charge on any atom is -0.266 e. The van der Waals surface area contributed by atoms with Crippen molar-refractivity contribution in [1.29, 1.82) is 0 Å². The van der Waals surface area contributed by atoms with Gasteiger partial charge in [-0.05, 0) is 59.5 Å². The highest BCUT2D eigenvalue weighted by Crippen LogP contribution is 2.36. The van der Waals surface area contributed by atoms with Gasteiger partial charge in [-0.3, -0.25) is 9.29 Å². The molecule has 25 heavy (non-hydrogen) atoms. The molecule has 4 rings (SSSR count). The minimum atomic E-state index is -3.91. The highest BCUT2D eigenvalue weighted by atomic mass is 32.2. The Balaban J connectivity index is 1.75. The first-order valence-corrected chi connectivity index (χ1v) is 9.32. The smallest absolute Gasteiger partial charge is 0.266 e. The van der Waals surface area contributed by atoms with E-state index in [1.165, 1.54) is 22.5 Å². The maximum absolute atomic E-state index is 14.0. The van der Waals surface area contributed by atoms with Crippen LogP contribution in [0.3, 0.4) is 0 Å². The number of benzene rings is 2. The highest BCUT2D eigenvalue weighted by Gasteiger charge is 2.32. The quantitative estimate of drug-likeness (QED) is 0.722. The summed E-state index contributed by atoms with van der Waals surface area (Å²) in [6.45, 7) is 0.311. The van der Waals surface area contributed by atoms with E-state index in [1.54, 1.807) is 18.5 Å². The number of fused-ring (bicyclic) bond motifs is 1. The Bertz CT molecular complexity index is 1040. The molecule has 1 aliphatic rings. The van der Waals surface area contributed by atoms with E-state index in [-0.39, 0.29) is 4.90 Å². The van der Waals surface area contributed by atoms with Gasteiger partial charge >= 0.3 is 0 Å². The number of nitrogens with zero attached hydrogens (tertiary/aromatic N) is 2. The summed E-state index contributed by atoms with van der Waals surface area (Å²) in [5.74, 6) is -0.732. The predicted octanol–water partition coefficient (Wildman–Crippen LogP) is 3.64. The van der Waals surface area contributed by atoms with Crippen LogP contribution in [0.5, 0.6) is 0 Å². The van der Waals surface area contributed by atoms with Gasteiger partial charge in [0.1, 0.15) is 10.7 Å². The molecule has 1 aromatic heterocycles. The summed E-state index contributed by atoms with van der Waals surface area (Å²) in [6.07, 6.45) is 4.04. The van der Waals surface area contributed by atoms with Gasteiger partial charge < -0.3 is 0 Å². The molecule has 0 N–H and O–H groups in total. The molecule has 0 fully saturated rings. The number of sulfonamides is 1. The summed E-state index contributed by atoms with van der Waals surface area (Å²) in [6, 6.07) is 14.9. The maximum Gasteiger partial charge on any atom is 0.267 e. The first kappa shape index (κ1) is 15.8. The van der Waals surface area contributed by atoms with Crippen LogP contribution in [0.2, 0.25) is 0 Å². The average molecular weight is 354 g/mol. The zero-order valence-corrected chi connectivity index (χ0v) is 14.1. The van der Waals surface area contributed by atoms with Crippen molar-refractivity contribution < 1.29 is 12.8 Å². The molecule has 4 nitrogen and oxygen atoms in total. The van der Waals surface area contributed by atoms with Gasteiger partial charge in [-0.15, -0.1) is 0 Å². The SMILES string of the molecule is O=S(=O)(c1ccccc1F)N1CCc2cc(-c3ccncc3)ccc21. The molecule has 2 heterocycles. The van der Waals surface area contributed by atoms with Gasteiger partial charge in [-0.25, -0.2) is 12.8 Å². The van der Waals surface area contributed by atoms with Crippen LogP contribution in [0.15, 0.2) is 71.9 Å². The molecule has 126 valence electrons. The van der Waals surface area contributed by atoms with Gasteiger partial charge in [0.05, 0.1) is 5.69 Å². The van der Waals surface area contributed by atoms with Crippen LogP contribution >= 0.6 is 0 Å². The number of hydrogen-bond donors (Lipinski definition) is 0. The van der Waals surface area contributed by atoms with Crippen molar-refractivity contribution in [2.75, 3.05) is 10.8 Å². The molecular formula is C19H15FN2O2S. The van der Waals surface area contributed by atoms with Crippen LogP contribution in [0.1, 0.15) is 5.56 Å². The van der Waals surface area contributed by atoms with E-state index in [4.69, 9.17) is 0 Å². The summed E-state index contributed by atoms with van der Waals surface area (Å²) >= 11 is 0. The fraction of sp³-hybridized carbons (Fsp3) is 0.105. The summed E-state index contributed by atoms with van der Waals surface area (Å²) < 4.78 is 41.0. The maximum atomic E-state index is 14.0. The van der Waals surface area contributed by atoms with Crippen LogP contribution < -0.4 is 4.31 Å². The second kappa shape index (κ2) is 5.97. The molecule has 0 aliphatic carbocycles. The fourth-order valence-corrected chi connectivity index (χ4v) is 4.69. The molecule has 0 saturated carbocycles. The number of pyridine rings is 1. The monoisotopic (exact) mass is 354 g/mol. The number of halogens is 1. The van der Waals surface area contributed by atoms with Crippen molar-refractivity contribution in [2.24, 2.45) is 0 Å². The van der Waals surface area contributed by atoms with Gasteiger partial charge in [0, 0.05) is 18.9 Å². The van der Waals surface area contributed by atoms with Gasteiger partial charge in [0.15, 0.2) is 0 Å². The van der Waals surface area contributed by atoms with E-state index in [2.05, 4.69) is 4.98 Å². The molecule has 0 bridgehead atoms. The van der Waals surface area contributed by atoms with Gasteiger partial charge in [-0.2, -0.15) is 0 Å². The molecule has 2 aromatic carbocycles. The third-order valence-electron chi connectivity index (χ3n) is 4.35. The molecular weight excluding hydrogens is 339 g/mol.